The molecule has 0 heterocycles. The molecule has 0 aromatic rings. The fourth-order valence-electron chi connectivity index (χ4n) is 1.20. The number of halogens is 1. The van der Waals surface area contributed by atoms with Crippen LogP contribution >= 0.6 is 11.6 Å². The van der Waals surface area contributed by atoms with Gasteiger partial charge in [0.2, 0.25) is 10.0 Å². The summed E-state index contributed by atoms with van der Waals surface area (Å²) in [6, 6.07) is 0. The van der Waals surface area contributed by atoms with E-state index in [4.69, 9.17) is 11.6 Å². The molecule has 0 saturated heterocycles. The summed E-state index contributed by atoms with van der Waals surface area (Å²) in [5.41, 5.74) is 0. The first kappa shape index (κ1) is 13.2. The first-order chi connectivity index (χ1) is 5.90. The SMILES string of the molecule is CCC(CC)C(Cl)CNS(C)(=O)=O. The van der Waals surface area contributed by atoms with Crippen LogP contribution in [-0.4, -0.2) is 26.6 Å². The molecule has 0 aromatic carbocycles. The first-order valence-electron chi connectivity index (χ1n) is 4.49. The highest BCUT2D eigenvalue weighted by Gasteiger charge is 2.16. The van der Waals surface area contributed by atoms with E-state index in [2.05, 4.69) is 18.6 Å². The molecule has 5 heteroatoms. The van der Waals surface area contributed by atoms with Gasteiger partial charge in [0.1, 0.15) is 0 Å². The van der Waals surface area contributed by atoms with Crippen molar-refractivity contribution < 1.29 is 8.42 Å². The monoisotopic (exact) mass is 227 g/mol. The van der Waals surface area contributed by atoms with Crippen molar-refractivity contribution in [3.05, 3.63) is 0 Å². The number of hydrogen-bond donors (Lipinski definition) is 1. The highest BCUT2D eigenvalue weighted by Crippen LogP contribution is 2.17. The standard InChI is InChI=1S/C8H18ClNO2S/c1-4-7(5-2)8(9)6-10-13(3,11)12/h7-8,10H,4-6H2,1-3H3. The van der Waals surface area contributed by atoms with E-state index in [0.29, 0.717) is 12.5 Å². The molecule has 0 amide bonds. The minimum Gasteiger partial charge on any atom is -0.214 e. The lowest BCUT2D eigenvalue weighted by Gasteiger charge is -2.18. The number of nitrogens with one attached hydrogen (secondary N) is 1. The molecule has 0 radical (unpaired) electrons. The van der Waals surface area contributed by atoms with Crippen molar-refractivity contribution in [1.29, 1.82) is 0 Å². The summed E-state index contributed by atoms with van der Waals surface area (Å²) in [6.45, 7) is 4.45. The lowest BCUT2D eigenvalue weighted by atomic mass is 9.99. The van der Waals surface area contributed by atoms with E-state index in [1.807, 2.05) is 0 Å². The fraction of sp³-hybridized carbons (Fsp3) is 1.00. The maximum Gasteiger partial charge on any atom is 0.208 e. The molecule has 1 unspecified atom stereocenters. The smallest absolute Gasteiger partial charge is 0.208 e. The Morgan fingerprint density at radius 3 is 2.08 bits per heavy atom. The summed E-state index contributed by atoms with van der Waals surface area (Å²) in [5.74, 6) is 0.385. The van der Waals surface area contributed by atoms with Gasteiger partial charge < -0.3 is 0 Å². The Kier molecular flexibility index (Phi) is 5.92. The summed E-state index contributed by atoms with van der Waals surface area (Å²) < 4.78 is 23.9. The van der Waals surface area contributed by atoms with Gasteiger partial charge >= 0.3 is 0 Å². The highest BCUT2D eigenvalue weighted by atomic mass is 35.5. The van der Waals surface area contributed by atoms with Crippen LogP contribution in [0.5, 0.6) is 0 Å². The van der Waals surface area contributed by atoms with Crippen molar-refractivity contribution >= 4 is 21.6 Å². The Morgan fingerprint density at radius 1 is 1.31 bits per heavy atom. The molecule has 13 heavy (non-hydrogen) atoms. The minimum atomic E-state index is -3.10. The topological polar surface area (TPSA) is 46.2 Å². The van der Waals surface area contributed by atoms with Crippen LogP contribution in [0.25, 0.3) is 0 Å². The van der Waals surface area contributed by atoms with Crippen molar-refractivity contribution in [2.24, 2.45) is 5.92 Å². The molecule has 0 aliphatic rings. The summed E-state index contributed by atoms with van der Waals surface area (Å²) in [5, 5.41) is -0.107. The van der Waals surface area contributed by atoms with Crippen molar-refractivity contribution in [1.82, 2.24) is 4.72 Å². The second-order valence-corrected chi connectivity index (χ2v) is 5.61. The van der Waals surface area contributed by atoms with Gasteiger partial charge in [-0.05, 0) is 5.92 Å². The molecule has 0 saturated carbocycles. The molecule has 80 valence electrons. The van der Waals surface area contributed by atoms with Crippen molar-refractivity contribution in [3.8, 4) is 0 Å². The van der Waals surface area contributed by atoms with Gasteiger partial charge in [0, 0.05) is 11.9 Å². The lowest BCUT2D eigenvalue weighted by molar-refractivity contribution is 0.460. The Morgan fingerprint density at radius 2 is 1.77 bits per heavy atom. The Hall–Kier alpha value is 0.200. The quantitative estimate of drug-likeness (QED) is 0.701. The van der Waals surface area contributed by atoms with E-state index in [9.17, 15) is 8.42 Å². The maximum atomic E-state index is 10.8. The second kappa shape index (κ2) is 5.83. The maximum absolute atomic E-state index is 10.8. The molecular weight excluding hydrogens is 210 g/mol. The van der Waals surface area contributed by atoms with Gasteiger partial charge in [-0.3, -0.25) is 0 Å². The number of sulfonamides is 1. The number of alkyl halides is 1. The third-order valence-corrected chi connectivity index (χ3v) is 3.30. The van der Waals surface area contributed by atoms with E-state index < -0.39 is 10.0 Å². The van der Waals surface area contributed by atoms with Gasteiger partial charge in [0.15, 0.2) is 0 Å². The van der Waals surface area contributed by atoms with Gasteiger partial charge in [0.05, 0.1) is 6.26 Å². The molecule has 1 N–H and O–H groups in total. The molecule has 0 bridgehead atoms. The van der Waals surface area contributed by atoms with Gasteiger partial charge in [-0.25, -0.2) is 13.1 Å². The third kappa shape index (κ3) is 6.29. The van der Waals surface area contributed by atoms with Gasteiger partial charge in [-0.1, -0.05) is 26.7 Å². The predicted molar refractivity (Wildman–Crippen MR) is 56.6 cm³/mol. The largest absolute Gasteiger partial charge is 0.214 e. The number of rotatable bonds is 6. The van der Waals surface area contributed by atoms with Crippen LogP contribution < -0.4 is 4.72 Å². The zero-order valence-electron chi connectivity index (χ0n) is 8.38. The van der Waals surface area contributed by atoms with E-state index >= 15 is 0 Å². The average molecular weight is 228 g/mol. The summed E-state index contributed by atoms with van der Waals surface area (Å²) in [6.07, 6.45) is 3.11. The van der Waals surface area contributed by atoms with Crippen LogP contribution in [0.3, 0.4) is 0 Å². The van der Waals surface area contributed by atoms with E-state index in [-0.39, 0.29) is 5.38 Å². The van der Waals surface area contributed by atoms with E-state index in [0.717, 1.165) is 19.1 Å². The molecule has 1 atom stereocenters. The zero-order valence-corrected chi connectivity index (χ0v) is 9.95. The molecule has 0 aliphatic carbocycles. The summed E-state index contributed by atoms with van der Waals surface area (Å²) in [7, 11) is -3.10. The van der Waals surface area contributed by atoms with Gasteiger partial charge in [-0.2, -0.15) is 0 Å². The first-order valence-corrected chi connectivity index (χ1v) is 6.82. The second-order valence-electron chi connectivity index (χ2n) is 3.21. The molecule has 0 fully saturated rings. The minimum absolute atomic E-state index is 0.107. The van der Waals surface area contributed by atoms with Crippen LogP contribution in [0.1, 0.15) is 26.7 Å². The van der Waals surface area contributed by atoms with Crippen molar-refractivity contribution in [2.75, 3.05) is 12.8 Å². The summed E-state index contributed by atoms with van der Waals surface area (Å²) >= 11 is 6.03. The molecule has 0 rings (SSSR count). The average Bonchev–Trinajstić information content (AvgIpc) is 2.02. The van der Waals surface area contributed by atoms with Crippen LogP contribution in [0.2, 0.25) is 0 Å². The molecule has 3 nitrogen and oxygen atoms in total. The number of hydrogen-bond acceptors (Lipinski definition) is 2. The highest BCUT2D eigenvalue weighted by molar-refractivity contribution is 7.88. The molecular formula is C8H18ClNO2S. The Balaban J connectivity index is 3.92. The molecule has 0 aliphatic heterocycles. The predicted octanol–water partition coefficient (Wildman–Crippen LogP) is 1.58. The molecule has 0 spiro atoms. The van der Waals surface area contributed by atoms with Crippen LogP contribution in [-0.2, 0) is 10.0 Å². The van der Waals surface area contributed by atoms with Crippen LogP contribution in [0.15, 0.2) is 0 Å². The third-order valence-electron chi connectivity index (χ3n) is 2.10. The molecule has 0 aromatic heterocycles. The van der Waals surface area contributed by atoms with E-state index in [1.165, 1.54) is 0 Å². The zero-order chi connectivity index (χ0) is 10.5. The summed E-state index contributed by atoms with van der Waals surface area (Å²) in [4.78, 5) is 0. The fourth-order valence-corrected chi connectivity index (χ4v) is 2.21. The lowest BCUT2D eigenvalue weighted by Crippen LogP contribution is -2.32. The van der Waals surface area contributed by atoms with E-state index in [1.54, 1.807) is 0 Å². The van der Waals surface area contributed by atoms with Crippen molar-refractivity contribution in [2.45, 2.75) is 32.1 Å². The van der Waals surface area contributed by atoms with Crippen LogP contribution in [0.4, 0.5) is 0 Å². The van der Waals surface area contributed by atoms with Gasteiger partial charge in [-0.15, -0.1) is 11.6 Å². The van der Waals surface area contributed by atoms with Gasteiger partial charge in [0.25, 0.3) is 0 Å². The Labute approximate surface area is 85.9 Å². The normalized spacial score (nSPS) is 14.8. The van der Waals surface area contributed by atoms with Crippen LogP contribution in [0, 0.1) is 5.92 Å². The van der Waals surface area contributed by atoms with Crippen molar-refractivity contribution in [3.63, 3.8) is 0 Å². The Bertz CT molecular complexity index is 224.